The highest BCUT2D eigenvalue weighted by atomic mass is 19.4. The number of amides is 1. The van der Waals surface area contributed by atoms with Crippen molar-refractivity contribution in [2.75, 3.05) is 44.3 Å². The highest BCUT2D eigenvalue weighted by molar-refractivity contribution is 5.92. The van der Waals surface area contributed by atoms with Crippen LogP contribution in [0, 0.1) is 5.41 Å². The SMILES string of the molecule is O=C(O)C(F)(F)F.O=C(c1ccccn1)N1CCOCC2(CCN(c3ccccn3)C2)C1. The molecule has 1 N–H and O–H groups in total. The molecule has 4 rings (SSSR count). The Hall–Kier alpha value is -3.21. The van der Waals surface area contributed by atoms with E-state index in [9.17, 15) is 18.0 Å². The molecule has 2 aromatic rings. The van der Waals surface area contributed by atoms with Crippen LogP contribution in [0.25, 0.3) is 0 Å². The van der Waals surface area contributed by atoms with E-state index < -0.39 is 12.1 Å². The Balaban J connectivity index is 0.000000360. The molecule has 2 aliphatic rings. The number of anilines is 1. The van der Waals surface area contributed by atoms with Gasteiger partial charge in [-0.1, -0.05) is 12.1 Å². The van der Waals surface area contributed by atoms with Crippen LogP contribution in [0.3, 0.4) is 0 Å². The van der Waals surface area contributed by atoms with E-state index in [1.807, 2.05) is 41.4 Å². The molecule has 4 heterocycles. The van der Waals surface area contributed by atoms with Crippen LogP contribution in [-0.4, -0.2) is 77.4 Å². The first-order valence-electron chi connectivity index (χ1n) is 9.94. The number of hydrogen-bond acceptors (Lipinski definition) is 6. The largest absolute Gasteiger partial charge is 0.490 e. The molecule has 2 aromatic heterocycles. The molecule has 0 bridgehead atoms. The summed E-state index contributed by atoms with van der Waals surface area (Å²) < 4.78 is 37.6. The maximum atomic E-state index is 12.8. The maximum absolute atomic E-state index is 12.8. The van der Waals surface area contributed by atoms with Crippen molar-refractivity contribution >= 4 is 17.7 Å². The van der Waals surface area contributed by atoms with Crippen molar-refractivity contribution in [2.45, 2.75) is 12.6 Å². The molecule has 1 atom stereocenters. The number of ether oxygens (including phenoxy) is 1. The first-order chi connectivity index (χ1) is 15.2. The number of carboxylic acids is 1. The van der Waals surface area contributed by atoms with Gasteiger partial charge in [-0.3, -0.25) is 9.78 Å². The molecule has 0 aromatic carbocycles. The van der Waals surface area contributed by atoms with Crippen LogP contribution in [0.2, 0.25) is 0 Å². The number of halogens is 3. The summed E-state index contributed by atoms with van der Waals surface area (Å²) in [6, 6.07) is 11.4. The van der Waals surface area contributed by atoms with Crippen LogP contribution in [0.15, 0.2) is 48.8 Å². The Morgan fingerprint density at radius 1 is 1.03 bits per heavy atom. The number of rotatable bonds is 2. The molecule has 0 saturated carbocycles. The van der Waals surface area contributed by atoms with Crippen LogP contribution in [0.4, 0.5) is 19.0 Å². The Bertz CT molecular complexity index is 914. The number of aromatic nitrogens is 2. The normalized spacial score (nSPS) is 21.0. The number of nitrogens with zero attached hydrogens (tertiary/aromatic N) is 4. The zero-order valence-electron chi connectivity index (χ0n) is 17.2. The predicted molar refractivity (Wildman–Crippen MR) is 108 cm³/mol. The quantitative estimate of drug-likeness (QED) is 0.748. The minimum absolute atomic E-state index is 0.0123. The third-order valence-corrected chi connectivity index (χ3v) is 5.27. The number of pyridine rings is 2. The van der Waals surface area contributed by atoms with Gasteiger partial charge in [0.1, 0.15) is 11.5 Å². The van der Waals surface area contributed by atoms with E-state index in [0.717, 1.165) is 25.3 Å². The average Bonchev–Trinajstić information content (AvgIpc) is 3.08. The van der Waals surface area contributed by atoms with Gasteiger partial charge in [-0.2, -0.15) is 13.2 Å². The molecule has 2 saturated heterocycles. The van der Waals surface area contributed by atoms with Crippen molar-refractivity contribution in [3.05, 3.63) is 54.5 Å². The highest BCUT2D eigenvalue weighted by Crippen LogP contribution is 2.35. The third-order valence-electron chi connectivity index (χ3n) is 5.27. The summed E-state index contributed by atoms with van der Waals surface area (Å²) in [5.74, 6) is -1.78. The number of aliphatic carboxylic acids is 1. The van der Waals surface area contributed by atoms with Gasteiger partial charge in [0.2, 0.25) is 0 Å². The summed E-state index contributed by atoms with van der Waals surface area (Å²) in [4.78, 5) is 34.6. The average molecular weight is 452 g/mol. The van der Waals surface area contributed by atoms with E-state index >= 15 is 0 Å². The van der Waals surface area contributed by atoms with Gasteiger partial charge in [0.15, 0.2) is 0 Å². The van der Waals surface area contributed by atoms with Crippen molar-refractivity contribution in [2.24, 2.45) is 5.41 Å². The van der Waals surface area contributed by atoms with Gasteiger partial charge in [0, 0.05) is 44.0 Å². The lowest BCUT2D eigenvalue weighted by Gasteiger charge is -2.31. The van der Waals surface area contributed by atoms with E-state index in [1.165, 1.54) is 0 Å². The fourth-order valence-corrected chi connectivity index (χ4v) is 3.74. The second kappa shape index (κ2) is 9.94. The first-order valence-corrected chi connectivity index (χ1v) is 9.94. The summed E-state index contributed by atoms with van der Waals surface area (Å²) in [6.45, 7) is 4.36. The van der Waals surface area contributed by atoms with E-state index in [2.05, 4.69) is 14.9 Å². The minimum Gasteiger partial charge on any atom is -0.475 e. The molecule has 1 amide bonds. The number of hydrogen-bond donors (Lipinski definition) is 1. The number of carbonyl (C=O) groups excluding carboxylic acids is 1. The van der Waals surface area contributed by atoms with Crippen LogP contribution >= 0.6 is 0 Å². The predicted octanol–water partition coefficient (Wildman–Crippen LogP) is 2.48. The van der Waals surface area contributed by atoms with Gasteiger partial charge in [0.25, 0.3) is 5.91 Å². The molecule has 1 spiro atoms. The summed E-state index contributed by atoms with van der Waals surface area (Å²) >= 11 is 0. The van der Waals surface area contributed by atoms with Crippen LogP contribution in [0.1, 0.15) is 16.9 Å². The molecule has 8 nitrogen and oxygen atoms in total. The highest BCUT2D eigenvalue weighted by Gasteiger charge is 2.42. The lowest BCUT2D eigenvalue weighted by atomic mass is 9.87. The molecule has 2 aliphatic heterocycles. The third kappa shape index (κ3) is 5.94. The lowest BCUT2D eigenvalue weighted by Crippen LogP contribution is -2.43. The van der Waals surface area contributed by atoms with Crippen LogP contribution in [-0.2, 0) is 9.53 Å². The molecule has 0 aliphatic carbocycles. The number of alkyl halides is 3. The zero-order chi connectivity index (χ0) is 23.2. The molecule has 32 heavy (non-hydrogen) atoms. The van der Waals surface area contributed by atoms with Crippen molar-refractivity contribution in [1.82, 2.24) is 14.9 Å². The summed E-state index contributed by atoms with van der Waals surface area (Å²) in [7, 11) is 0. The van der Waals surface area contributed by atoms with Gasteiger partial charge in [-0.05, 0) is 30.7 Å². The van der Waals surface area contributed by atoms with Gasteiger partial charge in [0.05, 0.1) is 13.2 Å². The van der Waals surface area contributed by atoms with Crippen LogP contribution < -0.4 is 4.90 Å². The van der Waals surface area contributed by atoms with Gasteiger partial charge in [-0.15, -0.1) is 0 Å². The second-order valence-electron chi connectivity index (χ2n) is 7.66. The minimum atomic E-state index is -5.08. The monoisotopic (exact) mass is 452 g/mol. The fourth-order valence-electron chi connectivity index (χ4n) is 3.74. The van der Waals surface area contributed by atoms with Gasteiger partial charge < -0.3 is 19.6 Å². The van der Waals surface area contributed by atoms with E-state index in [-0.39, 0.29) is 11.3 Å². The topological polar surface area (TPSA) is 95.9 Å². The standard InChI is InChI=1S/C19H22N4O2.C2HF3O2/c24-18(16-5-1-3-8-20-16)23-11-12-25-15-19(14-23)7-10-22(13-19)17-6-2-4-9-21-17;3-2(4,5)1(6)7/h1-6,8-9H,7,10-15H2;(H,6,7). The molecule has 0 radical (unpaired) electrons. The smallest absolute Gasteiger partial charge is 0.475 e. The van der Waals surface area contributed by atoms with Gasteiger partial charge in [-0.25, -0.2) is 9.78 Å². The second-order valence-corrected chi connectivity index (χ2v) is 7.66. The van der Waals surface area contributed by atoms with E-state index in [4.69, 9.17) is 14.6 Å². The van der Waals surface area contributed by atoms with Crippen molar-refractivity contribution in [3.8, 4) is 0 Å². The molecule has 172 valence electrons. The lowest BCUT2D eigenvalue weighted by molar-refractivity contribution is -0.192. The summed E-state index contributed by atoms with van der Waals surface area (Å²) in [5, 5.41) is 7.12. The van der Waals surface area contributed by atoms with Gasteiger partial charge >= 0.3 is 12.1 Å². The molecular weight excluding hydrogens is 429 g/mol. The molecule has 11 heteroatoms. The van der Waals surface area contributed by atoms with Crippen LogP contribution in [0.5, 0.6) is 0 Å². The Labute approximate surface area is 182 Å². The number of carboxylic acid groups (broad SMARTS) is 1. The molecule has 1 unspecified atom stereocenters. The van der Waals surface area contributed by atoms with Crippen molar-refractivity contribution < 1.29 is 32.6 Å². The van der Waals surface area contributed by atoms with Crippen molar-refractivity contribution in [1.29, 1.82) is 0 Å². The summed E-state index contributed by atoms with van der Waals surface area (Å²) in [6.07, 6.45) is -0.605. The van der Waals surface area contributed by atoms with E-state index in [1.54, 1.807) is 12.3 Å². The van der Waals surface area contributed by atoms with E-state index in [0.29, 0.717) is 32.0 Å². The summed E-state index contributed by atoms with van der Waals surface area (Å²) in [5.41, 5.74) is 0.456. The maximum Gasteiger partial charge on any atom is 0.490 e. The van der Waals surface area contributed by atoms with Crippen molar-refractivity contribution in [3.63, 3.8) is 0 Å². The Kier molecular flexibility index (Phi) is 7.29. The molecular formula is C21H23F3N4O4. The first kappa shape index (κ1) is 23.5. The Morgan fingerprint density at radius 3 is 2.31 bits per heavy atom. The Morgan fingerprint density at radius 2 is 1.72 bits per heavy atom. The molecule has 2 fully saturated rings. The fraction of sp³-hybridized carbons (Fsp3) is 0.429. The zero-order valence-corrected chi connectivity index (χ0v) is 17.2. The number of carbonyl (C=O) groups is 2.